The third-order valence-corrected chi connectivity index (χ3v) is 7.83. The van der Waals surface area contributed by atoms with Gasteiger partial charge in [0.15, 0.2) is 0 Å². The van der Waals surface area contributed by atoms with Crippen molar-refractivity contribution < 1.29 is 9.59 Å². The minimum atomic E-state index is -0.0290. The number of rotatable bonds is 5. The number of nitrogens with one attached hydrogen (secondary N) is 2. The molecule has 0 spiro atoms. The van der Waals surface area contributed by atoms with Crippen LogP contribution < -0.4 is 15.5 Å². The molecule has 0 bridgehead atoms. The zero-order valence-corrected chi connectivity index (χ0v) is 20.8. The summed E-state index contributed by atoms with van der Waals surface area (Å²) < 4.78 is 2.10. The van der Waals surface area contributed by atoms with Crippen LogP contribution >= 0.6 is 0 Å². The summed E-state index contributed by atoms with van der Waals surface area (Å²) in [6.45, 7) is 2.63. The van der Waals surface area contributed by atoms with Crippen molar-refractivity contribution in [1.29, 1.82) is 0 Å². The highest BCUT2D eigenvalue weighted by Gasteiger charge is 2.37. The first-order valence-corrected chi connectivity index (χ1v) is 12.8. The molecule has 3 aliphatic rings. The van der Waals surface area contributed by atoms with E-state index in [-0.39, 0.29) is 17.9 Å². The number of amides is 2. The van der Waals surface area contributed by atoms with Gasteiger partial charge in [0.05, 0.1) is 11.9 Å². The first kappa shape index (κ1) is 22.9. The lowest BCUT2D eigenvalue weighted by atomic mass is 9.88. The van der Waals surface area contributed by atoms with Crippen molar-refractivity contribution >= 4 is 40.3 Å². The molecule has 0 aromatic carbocycles. The summed E-state index contributed by atoms with van der Waals surface area (Å²) in [5, 5.41) is 7.45. The van der Waals surface area contributed by atoms with Gasteiger partial charge < -0.3 is 25.0 Å². The molecule has 188 valence electrons. The number of fused-ring (bicyclic) bond motifs is 2. The molecule has 3 fully saturated rings. The molecule has 36 heavy (non-hydrogen) atoms. The van der Waals surface area contributed by atoms with Gasteiger partial charge in [0, 0.05) is 44.7 Å². The second kappa shape index (κ2) is 9.16. The van der Waals surface area contributed by atoms with Gasteiger partial charge in [0.25, 0.3) is 5.91 Å². The second-order valence-electron chi connectivity index (χ2n) is 10.4. The summed E-state index contributed by atoms with van der Waals surface area (Å²) >= 11 is 0. The summed E-state index contributed by atoms with van der Waals surface area (Å²) in [5.41, 5.74) is 2.23. The number of hydrogen-bond donors (Lipinski definition) is 2. The van der Waals surface area contributed by atoms with E-state index in [1.54, 1.807) is 31.4 Å². The molecule has 2 saturated heterocycles. The molecule has 2 atom stereocenters. The fourth-order valence-corrected chi connectivity index (χ4v) is 5.89. The molecule has 1 aliphatic carbocycles. The average Bonchev–Trinajstić information content (AvgIpc) is 3.62. The number of pyridine rings is 1. The van der Waals surface area contributed by atoms with Crippen molar-refractivity contribution in [1.82, 2.24) is 29.7 Å². The predicted molar refractivity (Wildman–Crippen MR) is 137 cm³/mol. The van der Waals surface area contributed by atoms with Crippen LogP contribution in [0.25, 0.3) is 11.0 Å². The highest BCUT2D eigenvalue weighted by molar-refractivity contribution is 5.98. The van der Waals surface area contributed by atoms with E-state index < -0.39 is 0 Å². The summed E-state index contributed by atoms with van der Waals surface area (Å²) in [7, 11) is 3.54. The van der Waals surface area contributed by atoms with E-state index in [0.717, 1.165) is 62.0 Å². The Morgan fingerprint density at radius 1 is 1.11 bits per heavy atom. The predicted octanol–water partition coefficient (Wildman–Crippen LogP) is 2.96. The van der Waals surface area contributed by atoms with Crippen LogP contribution in [0.3, 0.4) is 0 Å². The first-order valence-electron chi connectivity index (χ1n) is 12.8. The van der Waals surface area contributed by atoms with Crippen LogP contribution in [-0.2, 0) is 4.79 Å². The lowest BCUT2D eigenvalue weighted by Gasteiger charge is -2.34. The van der Waals surface area contributed by atoms with Gasteiger partial charge in [-0.15, -0.1) is 0 Å². The van der Waals surface area contributed by atoms with E-state index in [1.807, 2.05) is 23.1 Å². The zero-order valence-electron chi connectivity index (χ0n) is 20.8. The topological polar surface area (TPSA) is 108 Å². The summed E-state index contributed by atoms with van der Waals surface area (Å²) in [6.07, 6.45) is 8.48. The van der Waals surface area contributed by atoms with Gasteiger partial charge in [-0.1, -0.05) is 12.8 Å². The van der Waals surface area contributed by atoms with Crippen LogP contribution in [0.5, 0.6) is 0 Å². The van der Waals surface area contributed by atoms with Gasteiger partial charge in [0.1, 0.15) is 17.2 Å². The Kier molecular flexibility index (Phi) is 5.83. The Hall–Kier alpha value is -3.53. The van der Waals surface area contributed by atoms with E-state index in [2.05, 4.69) is 25.2 Å². The van der Waals surface area contributed by atoms with Crippen LogP contribution in [0.1, 0.15) is 48.6 Å². The van der Waals surface area contributed by atoms with Gasteiger partial charge in [-0.3, -0.25) is 9.59 Å². The molecule has 3 aromatic heterocycles. The molecule has 3 aromatic rings. The molecule has 0 radical (unpaired) electrons. The van der Waals surface area contributed by atoms with Crippen LogP contribution in [0.15, 0.2) is 30.6 Å². The molecule has 10 heteroatoms. The van der Waals surface area contributed by atoms with Gasteiger partial charge >= 0.3 is 0 Å². The molecule has 2 N–H and O–H groups in total. The van der Waals surface area contributed by atoms with E-state index in [9.17, 15) is 9.59 Å². The molecule has 2 aliphatic heterocycles. The quantitative estimate of drug-likeness (QED) is 0.568. The largest absolute Gasteiger partial charge is 0.343 e. The molecule has 2 amide bonds. The van der Waals surface area contributed by atoms with Crippen LogP contribution in [0.2, 0.25) is 0 Å². The van der Waals surface area contributed by atoms with Crippen molar-refractivity contribution in [2.24, 2.45) is 11.8 Å². The molecule has 1 saturated carbocycles. The first-order chi connectivity index (χ1) is 17.5. The molecular formula is C26H32N8O2. The number of nitrogens with zero attached hydrogens (tertiary/aromatic N) is 6. The smallest absolute Gasteiger partial charge is 0.270 e. The van der Waals surface area contributed by atoms with E-state index in [1.165, 1.54) is 0 Å². The van der Waals surface area contributed by atoms with Crippen LogP contribution in [0, 0.1) is 11.8 Å². The second-order valence-corrected chi connectivity index (χ2v) is 10.4. The number of hydrogen-bond acceptors (Lipinski definition) is 7. The van der Waals surface area contributed by atoms with Gasteiger partial charge in [-0.2, -0.15) is 4.98 Å². The van der Waals surface area contributed by atoms with E-state index in [0.29, 0.717) is 35.7 Å². The molecule has 10 nitrogen and oxygen atoms in total. The Morgan fingerprint density at radius 2 is 1.92 bits per heavy atom. The summed E-state index contributed by atoms with van der Waals surface area (Å²) in [5.74, 6) is 2.11. The monoisotopic (exact) mass is 488 g/mol. The molecule has 6 rings (SSSR count). The van der Waals surface area contributed by atoms with Gasteiger partial charge in [-0.25, -0.2) is 9.97 Å². The molecular weight excluding hydrogens is 456 g/mol. The highest BCUT2D eigenvalue weighted by atomic mass is 16.2. The van der Waals surface area contributed by atoms with Crippen LogP contribution in [-0.4, -0.2) is 70.0 Å². The minimum Gasteiger partial charge on any atom is -0.343 e. The maximum atomic E-state index is 12.9. The van der Waals surface area contributed by atoms with Gasteiger partial charge in [0.2, 0.25) is 11.9 Å². The minimum absolute atomic E-state index is 0.0290. The molecule has 5 heterocycles. The number of anilines is 3. The van der Waals surface area contributed by atoms with Crippen molar-refractivity contribution in [2.45, 2.75) is 38.1 Å². The van der Waals surface area contributed by atoms with E-state index >= 15 is 0 Å². The maximum Gasteiger partial charge on any atom is 0.270 e. The third kappa shape index (κ3) is 4.09. The standard InChI is InChI=1S/C26H32N8O2/c1-32(2)25(36)21-9-17-13-29-26(31-24(17)34(21)19-5-3-4-6-19)30-22-8-7-20(14-28-22)33-15-18-12-27-11-16(18)10-23(33)35/h7-9,13-14,16,18-19,27H,3-6,10-12,15H2,1-2H3,(H,28,29,30,31)/t16-,18?/m0/s1. The van der Waals surface area contributed by atoms with E-state index in [4.69, 9.17) is 4.98 Å². The number of carbonyl (C=O) groups is 2. The van der Waals surface area contributed by atoms with Crippen molar-refractivity contribution in [3.05, 3.63) is 36.3 Å². The number of carbonyl (C=O) groups excluding carboxylic acids is 2. The average molecular weight is 489 g/mol. The summed E-state index contributed by atoms with van der Waals surface area (Å²) in [4.78, 5) is 42.9. The van der Waals surface area contributed by atoms with Crippen molar-refractivity contribution in [2.75, 3.05) is 43.9 Å². The number of aromatic nitrogens is 4. The maximum absolute atomic E-state index is 12.9. The van der Waals surface area contributed by atoms with Gasteiger partial charge in [-0.05, 0) is 56.0 Å². The fourth-order valence-electron chi connectivity index (χ4n) is 5.89. The Balaban J connectivity index is 1.25. The van der Waals surface area contributed by atoms with Crippen molar-refractivity contribution in [3.8, 4) is 0 Å². The van der Waals surface area contributed by atoms with Crippen LogP contribution in [0.4, 0.5) is 17.5 Å². The number of piperidine rings is 1. The SMILES string of the molecule is CN(C)C(=O)c1cc2cnc(Nc3ccc(N4CC5CNC[C@@H]5CC4=O)cn3)nc2n1C1CCCC1. The lowest BCUT2D eigenvalue weighted by Crippen LogP contribution is -2.44. The summed E-state index contributed by atoms with van der Waals surface area (Å²) in [6, 6.07) is 5.93. The van der Waals surface area contributed by atoms with Crippen molar-refractivity contribution in [3.63, 3.8) is 0 Å². The Labute approximate surface area is 210 Å². The highest BCUT2D eigenvalue weighted by Crippen LogP contribution is 2.35. The Morgan fingerprint density at radius 3 is 2.67 bits per heavy atom. The zero-order chi connectivity index (χ0) is 24.8. The third-order valence-electron chi connectivity index (χ3n) is 7.83. The Bertz CT molecular complexity index is 1300. The normalized spacial score (nSPS) is 22.3. The fraction of sp³-hybridized carbons (Fsp3) is 0.500. The molecule has 1 unspecified atom stereocenters. The lowest BCUT2D eigenvalue weighted by molar-refractivity contribution is -0.121.